The summed E-state index contributed by atoms with van der Waals surface area (Å²) in [5, 5.41) is 6.41. The second-order valence-electron chi connectivity index (χ2n) is 5.96. The lowest BCUT2D eigenvalue weighted by Crippen LogP contribution is -2.42. The minimum atomic E-state index is -0.126. The van der Waals surface area contributed by atoms with E-state index in [1.54, 1.807) is 0 Å². The van der Waals surface area contributed by atoms with E-state index in [1.807, 2.05) is 0 Å². The van der Waals surface area contributed by atoms with Crippen molar-refractivity contribution in [3.8, 4) is 0 Å². The number of hydrogen-bond acceptors (Lipinski definition) is 4. The number of nitrogens with one attached hydrogen (secondary N) is 2. The fraction of sp³-hybridized carbons (Fsp3) is 0.875. The van der Waals surface area contributed by atoms with Gasteiger partial charge < -0.3 is 15.4 Å². The van der Waals surface area contributed by atoms with Gasteiger partial charge in [0.05, 0.1) is 7.11 Å². The summed E-state index contributed by atoms with van der Waals surface area (Å²) in [6, 6.07) is 0.448. The van der Waals surface area contributed by atoms with Crippen LogP contribution in [0.15, 0.2) is 0 Å². The molecule has 0 aromatic rings. The summed E-state index contributed by atoms with van der Waals surface area (Å²) in [6.45, 7) is 3.85. The van der Waals surface area contributed by atoms with Crippen molar-refractivity contribution < 1.29 is 14.3 Å². The zero-order valence-corrected chi connectivity index (χ0v) is 13.5. The van der Waals surface area contributed by atoms with E-state index in [-0.39, 0.29) is 17.8 Å². The Kier molecular flexibility index (Phi) is 9.06. The van der Waals surface area contributed by atoms with Gasteiger partial charge in [-0.15, -0.1) is 0 Å². The van der Waals surface area contributed by atoms with Gasteiger partial charge in [-0.3, -0.25) is 9.59 Å². The summed E-state index contributed by atoms with van der Waals surface area (Å²) in [4.78, 5) is 22.9. The molecule has 0 unspecified atom stereocenters. The molecular formula is C16H30N2O3. The minimum absolute atomic E-state index is 0.126. The van der Waals surface area contributed by atoms with Crippen LogP contribution in [0.25, 0.3) is 0 Å². The molecule has 1 rings (SSSR count). The van der Waals surface area contributed by atoms with Crippen molar-refractivity contribution in [2.45, 2.75) is 64.3 Å². The predicted molar refractivity (Wildman–Crippen MR) is 82.9 cm³/mol. The Morgan fingerprint density at radius 2 is 1.90 bits per heavy atom. The van der Waals surface area contributed by atoms with Gasteiger partial charge >= 0.3 is 5.97 Å². The zero-order valence-electron chi connectivity index (χ0n) is 13.5. The van der Waals surface area contributed by atoms with Crippen molar-refractivity contribution in [3.05, 3.63) is 0 Å². The Hall–Kier alpha value is -1.10. The first-order chi connectivity index (χ1) is 10.1. The van der Waals surface area contributed by atoms with Crippen molar-refractivity contribution in [1.82, 2.24) is 10.6 Å². The molecule has 0 aromatic carbocycles. The van der Waals surface area contributed by atoms with Crippen LogP contribution in [0, 0.1) is 5.92 Å². The van der Waals surface area contributed by atoms with Gasteiger partial charge in [-0.1, -0.05) is 19.3 Å². The van der Waals surface area contributed by atoms with Crippen molar-refractivity contribution >= 4 is 11.9 Å². The highest BCUT2D eigenvalue weighted by Gasteiger charge is 2.23. The number of carbonyl (C=O) groups is 2. The van der Waals surface area contributed by atoms with Crippen LogP contribution in [0.3, 0.4) is 0 Å². The molecule has 1 aliphatic rings. The number of amides is 1. The van der Waals surface area contributed by atoms with Crippen molar-refractivity contribution in [2.24, 2.45) is 5.92 Å². The standard InChI is InChI=1S/C16H30N2O3/c1-13-12-14(9-11-17-13)16(20)18-10-7-5-3-4-6-8-15(19)21-2/h13-14,17H,3-12H2,1-2H3,(H,18,20)/t13-,14-/m0/s1. The van der Waals surface area contributed by atoms with Crippen LogP contribution in [0.2, 0.25) is 0 Å². The van der Waals surface area contributed by atoms with Gasteiger partial charge in [-0.05, 0) is 39.2 Å². The molecule has 5 nitrogen and oxygen atoms in total. The Labute approximate surface area is 128 Å². The number of piperidine rings is 1. The number of methoxy groups -OCH3 is 1. The Balaban J connectivity index is 1.94. The Morgan fingerprint density at radius 1 is 1.19 bits per heavy atom. The van der Waals surface area contributed by atoms with Gasteiger partial charge in [0.1, 0.15) is 0 Å². The molecule has 0 aromatic heterocycles. The van der Waals surface area contributed by atoms with Crippen LogP contribution in [0.1, 0.15) is 58.3 Å². The minimum Gasteiger partial charge on any atom is -0.469 e. The first kappa shape index (κ1) is 18.0. The van der Waals surface area contributed by atoms with Gasteiger partial charge in [0.2, 0.25) is 5.91 Å². The number of rotatable bonds is 9. The monoisotopic (exact) mass is 298 g/mol. The molecular weight excluding hydrogens is 268 g/mol. The van der Waals surface area contributed by atoms with E-state index < -0.39 is 0 Å². The molecule has 21 heavy (non-hydrogen) atoms. The molecule has 0 spiro atoms. The van der Waals surface area contributed by atoms with Gasteiger partial charge in [-0.25, -0.2) is 0 Å². The van der Waals surface area contributed by atoms with E-state index in [2.05, 4.69) is 22.3 Å². The summed E-state index contributed by atoms with van der Waals surface area (Å²) in [6.07, 6.45) is 7.58. The second-order valence-corrected chi connectivity index (χ2v) is 5.96. The maximum absolute atomic E-state index is 12.0. The fourth-order valence-electron chi connectivity index (χ4n) is 2.75. The van der Waals surface area contributed by atoms with Gasteiger partial charge in [0, 0.05) is 24.9 Å². The van der Waals surface area contributed by atoms with E-state index in [9.17, 15) is 9.59 Å². The molecule has 1 heterocycles. The lowest BCUT2D eigenvalue weighted by atomic mass is 9.92. The third-order valence-corrected chi connectivity index (χ3v) is 4.08. The Morgan fingerprint density at radius 3 is 2.62 bits per heavy atom. The topological polar surface area (TPSA) is 67.4 Å². The van der Waals surface area contributed by atoms with Crippen LogP contribution >= 0.6 is 0 Å². The predicted octanol–water partition coefficient (Wildman–Crippen LogP) is 2.00. The molecule has 2 atom stereocenters. The van der Waals surface area contributed by atoms with Crippen LogP contribution < -0.4 is 10.6 Å². The van der Waals surface area contributed by atoms with E-state index in [4.69, 9.17) is 0 Å². The van der Waals surface area contributed by atoms with E-state index in [0.29, 0.717) is 12.5 Å². The summed E-state index contributed by atoms with van der Waals surface area (Å²) in [5.74, 6) is 0.272. The van der Waals surface area contributed by atoms with Crippen LogP contribution in [0.5, 0.6) is 0 Å². The van der Waals surface area contributed by atoms with E-state index in [1.165, 1.54) is 7.11 Å². The number of carbonyl (C=O) groups excluding carboxylic acids is 2. The van der Waals surface area contributed by atoms with Crippen LogP contribution in [0.4, 0.5) is 0 Å². The molecule has 1 saturated heterocycles. The summed E-state index contributed by atoms with van der Waals surface area (Å²) < 4.78 is 4.60. The van der Waals surface area contributed by atoms with E-state index >= 15 is 0 Å². The quantitative estimate of drug-likeness (QED) is 0.505. The third-order valence-electron chi connectivity index (χ3n) is 4.08. The smallest absolute Gasteiger partial charge is 0.305 e. The number of ether oxygens (including phenoxy) is 1. The zero-order chi connectivity index (χ0) is 15.5. The lowest BCUT2D eigenvalue weighted by Gasteiger charge is -2.27. The van der Waals surface area contributed by atoms with Crippen molar-refractivity contribution in [1.29, 1.82) is 0 Å². The molecule has 1 amide bonds. The molecule has 1 aliphatic heterocycles. The number of unbranched alkanes of at least 4 members (excludes halogenated alkanes) is 4. The van der Waals surface area contributed by atoms with Gasteiger partial charge in [0.25, 0.3) is 0 Å². The summed E-state index contributed by atoms with van der Waals surface area (Å²) in [5.41, 5.74) is 0. The highest BCUT2D eigenvalue weighted by Crippen LogP contribution is 2.16. The summed E-state index contributed by atoms with van der Waals surface area (Å²) >= 11 is 0. The van der Waals surface area contributed by atoms with E-state index in [0.717, 1.165) is 58.0 Å². The SMILES string of the molecule is COC(=O)CCCCCCCNC(=O)[C@H]1CCN[C@@H](C)C1. The molecule has 0 bridgehead atoms. The highest BCUT2D eigenvalue weighted by atomic mass is 16.5. The lowest BCUT2D eigenvalue weighted by molar-refractivity contribution is -0.140. The molecule has 0 radical (unpaired) electrons. The first-order valence-electron chi connectivity index (χ1n) is 8.21. The van der Waals surface area contributed by atoms with Gasteiger partial charge in [-0.2, -0.15) is 0 Å². The first-order valence-corrected chi connectivity index (χ1v) is 8.21. The van der Waals surface area contributed by atoms with Crippen molar-refractivity contribution in [2.75, 3.05) is 20.2 Å². The molecule has 1 fully saturated rings. The fourth-order valence-corrected chi connectivity index (χ4v) is 2.75. The normalized spacial score (nSPS) is 21.8. The maximum atomic E-state index is 12.0. The highest BCUT2D eigenvalue weighted by molar-refractivity contribution is 5.78. The molecule has 0 saturated carbocycles. The van der Waals surface area contributed by atoms with Crippen LogP contribution in [-0.4, -0.2) is 38.1 Å². The largest absolute Gasteiger partial charge is 0.469 e. The maximum Gasteiger partial charge on any atom is 0.305 e. The number of hydrogen-bond donors (Lipinski definition) is 2. The molecule has 2 N–H and O–H groups in total. The second kappa shape index (κ2) is 10.6. The molecule has 122 valence electrons. The van der Waals surface area contributed by atoms with Gasteiger partial charge in [0.15, 0.2) is 0 Å². The Bertz CT molecular complexity index is 321. The summed E-state index contributed by atoms with van der Waals surface area (Å²) in [7, 11) is 1.42. The number of esters is 1. The average molecular weight is 298 g/mol. The van der Waals surface area contributed by atoms with Crippen LogP contribution in [-0.2, 0) is 14.3 Å². The molecule has 0 aliphatic carbocycles. The third kappa shape index (κ3) is 8.05. The molecule has 5 heteroatoms. The average Bonchev–Trinajstić information content (AvgIpc) is 2.49. The van der Waals surface area contributed by atoms with Crippen molar-refractivity contribution in [3.63, 3.8) is 0 Å².